The molecule has 2 aromatic carbocycles. The minimum atomic E-state index is -0.888. The standard InChI is InChI=1S/C28H36N4O2/c29-20-28(31-27(33)25(30)17-22-9-3-1-4-10-22)15-16-32(21-28)18-24-13-7-8-14-26(24)34-19-23-11-5-2-6-12-23/h2,5-8,11-14,22,25H,1,3-4,9-10,15-19,21,30H2,(H,31,33). The first kappa shape index (κ1) is 24.3. The van der Waals surface area contributed by atoms with E-state index in [-0.39, 0.29) is 5.91 Å². The van der Waals surface area contributed by atoms with E-state index in [0.29, 0.717) is 38.5 Å². The molecule has 4 rings (SSSR count). The molecule has 180 valence electrons. The van der Waals surface area contributed by atoms with Gasteiger partial charge < -0.3 is 15.8 Å². The molecule has 1 saturated carbocycles. The van der Waals surface area contributed by atoms with E-state index in [2.05, 4.69) is 22.4 Å². The molecule has 1 amide bonds. The molecule has 2 fully saturated rings. The molecule has 0 spiro atoms. The van der Waals surface area contributed by atoms with Gasteiger partial charge in [-0.2, -0.15) is 5.26 Å². The number of carbonyl (C=O) groups is 1. The fourth-order valence-corrected chi connectivity index (χ4v) is 5.21. The van der Waals surface area contributed by atoms with Crippen LogP contribution in [0, 0.1) is 17.2 Å². The summed E-state index contributed by atoms with van der Waals surface area (Å²) in [6.45, 7) is 2.39. The van der Waals surface area contributed by atoms with Crippen molar-refractivity contribution in [1.29, 1.82) is 5.26 Å². The van der Waals surface area contributed by atoms with E-state index in [1.165, 1.54) is 19.3 Å². The minimum absolute atomic E-state index is 0.194. The number of nitriles is 1. The van der Waals surface area contributed by atoms with Crippen LogP contribution in [0.15, 0.2) is 54.6 Å². The lowest BCUT2D eigenvalue weighted by Gasteiger charge is -2.28. The van der Waals surface area contributed by atoms with E-state index in [0.717, 1.165) is 36.3 Å². The van der Waals surface area contributed by atoms with Gasteiger partial charge in [0.2, 0.25) is 5.91 Å². The van der Waals surface area contributed by atoms with E-state index in [9.17, 15) is 10.1 Å². The number of carbonyl (C=O) groups excluding carboxylic acids is 1. The summed E-state index contributed by atoms with van der Waals surface area (Å²) in [5.74, 6) is 1.18. The van der Waals surface area contributed by atoms with Crippen LogP contribution in [0.1, 0.15) is 56.1 Å². The molecular formula is C28H36N4O2. The lowest BCUT2D eigenvalue weighted by Crippen LogP contribution is -2.54. The van der Waals surface area contributed by atoms with Crippen molar-refractivity contribution in [3.8, 4) is 11.8 Å². The minimum Gasteiger partial charge on any atom is -0.489 e. The summed E-state index contributed by atoms with van der Waals surface area (Å²) in [6, 6.07) is 20.0. The van der Waals surface area contributed by atoms with Crippen molar-refractivity contribution >= 4 is 5.91 Å². The summed E-state index contributed by atoms with van der Waals surface area (Å²) in [5.41, 5.74) is 7.56. The Hall–Kier alpha value is -2.88. The molecule has 0 radical (unpaired) electrons. The Morgan fingerprint density at radius 3 is 2.65 bits per heavy atom. The molecule has 1 aliphatic carbocycles. The molecule has 2 unspecified atom stereocenters. The second kappa shape index (κ2) is 11.5. The highest BCUT2D eigenvalue weighted by atomic mass is 16.5. The Bertz CT molecular complexity index is 983. The first-order chi connectivity index (χ1) is 16.6. The van der Waals surface area contributed by atoms with Crippen LogP contribution in [0.5, 0.6) is 5.75 Å². The third-order valence-electron chi connectivity index (χ3n) is 7.18. The molecule has 1 saturated heterocycles. The molecule has 1 aliphatic heterocycles. The van der Waals surface area contributed by atoms with Crippen LogP contribution in [0.3, 0.4) is 0 Å². The van der Waals surface area contributed by atoms with Gasteiger partial charge >= 0.3 is 0 Å². The van der Waals surface area contributed by atoms with Gasteiger partial charge in [-0.25, -0.2) is 0 Å². The molecule has 2 atom stereocenters. The summed E-state index contributed by atoms with van der Waals surface area (Å²) < 4.78 is 6.10. The van der Waals surface area contributed by atoms with Gasteiger partial charge in [0.15, 0.2) is 0 Å². The third kappa shape index (κ3) is 6.37. The zero-order chi connectivity index (χ0) is 23.8. The van der Waals surface area contributed by atoms with Crippen molar-refractivity contribution in [3.05, 3.63) is 65.7 Å². The van der Waals surface area contributed by atoms with Crippen molar-refractivity contribution in [2.45, 2.75) is 69.7 Å². The number of likely N-dealkylation sites (tertiary alicyclic amines) is 1. The van der Waals surface area contributed by atoms with Crippen molar-refractivity contribution < 1.29 is 9.53 Å². The van der Waals surface area contributed by atoms with E-state index < -0.39 is 11.6 Å². The zero-order valence-electron chi connectivity index (χ0n) is 19.9. The van der Waals surface area contributed by atoms with E-state index in [4.69, 9.17) is 10.5 Å². The summed E-state index contributed by atoms with van der Waals surface area (Å²) >= 11 is 0. The predicted octanol–water partition coefficient (Wildman–Crippen LogP) is 4.15. The van der Waals surface area contributed by atoms with Crippen LogP contribution in [0.4, 0.5) is 0 Å². The number of para-hydroxylation sites is 1. The number of hydrogen-bond acceptors (Lipinski definition) is 5. The number of hydrogen-bond donors (Lipinski definition) is 2. The quantitative estimate of drug-likeness (QED) is 0.587. The van der Waals surface area contributed by atoms with Gasteiger partial charge in [0.1, 0.15) is 17.9 Å². The van der Waals surface area contributed by atoms with Gasteiger partial charge in [-0.1, -0.05) is 80.6 Å². The second-order valence-electron chi connectivity index (χ2n) is 9.87. The van der Waals surface area contributed by atoms with Gasteiger partial charge in [0.25, 0.3) is 0 Å². The maximum Gasteiger partial charge on any atom is 0.238 e. The maximum atomic E-state index is 12.9. The highest BCUT2D eigenvalue weighted by Crippen LogP contribution is 2.29. The molecule has 0 bridgehead atoms. The molecule has 6 heteroatoms. The van der Waals surface area contributed by atoms with Crippen LogP contribution in [-0.2, 0) is 17.9 Å². The molecular weight excluding hydrogens is 424 g/mol. The topological polar surface area (TPSA) is 91.4 Å². The molecule has 2 aromatic rings. The SMILES string of the molecule is N#CC1(NC(=O)C(N)CC2CCCCC2)CCN(Cc2ccccc2OCc2ccccc2)C1. The van der Waals surface area contributed by atoms with Gasteiger partial charge in [-0.05, 0) is 30.4 Å². The Labute approximate surface area is 203 Å². The number of nitrogens with zero attached hydrogens (tertiary/aromatic N) is 2. The summed E-state index contributed by atoms with van der Waals surface area (Å²) in [5, 5.41) is 13.0. The Kier molecular flexibility index (Phi) is 8.21. The van der Waals surface area contributed by atoms with Crippen LogP contribution >= 0.6 is 0 Å². The second-order valence-corrected chi connectivity index (χ2v) is 9.87. The fourth-order valence-electron chi connectivity index (χ4n) is 5.21. The lowest BCUT2D eigenvalue weighted by molar-refractivity contribution is -0.124. The van der Waals surface area contributed by atoms with Crippen molar-refractivity contribution in [1.82, 2.24) is 10.2 Å². The van der Waals surface area contributed by atoms with E-state index in [1.807, 2.05) is 48.5 Å². The third-order valence-corrected chi connectivity index (χ3v) is 7.18. The molecule has 34 heavy (non-hydrogen) atoms. The Balaban J connectivity index is 1.33. The Morgan fingerprint density at radius 1 is 1.15 bits per heavy atom. The average Bonchev–Trinajstić information content (AvgIpc) is 3.27. The van der Waals surface area contributed by atoms with Crippen LogP contribution < -0.4 is 15.8 Å². The van der Waals surface area contributed by atoms with E-state index >= 15 is 0 Å². The average molecular weight is 461 g/mol. The molecule has 0 aromatic heterocycles. The fraction of sp³-hybridized carbons (Fsp3) is 0.500. The highest BCUT2D eigenvalue weighted by Gasteiger charge is 2.41. The van der Waals surface area contributed by atoms with Gasteiger partial charge in [-0.3, -0.25) is 9.69 Å². The number of rotatable bonds is 9. The van der Waals surface area contributed by atoms with Crippen molar-refractivity contribution in [2.75, 3.05) is 13.1 Å². The summed E-state index contributed by atoms with van der Waals surface area (Å²) in [4.78, 5) is 15.1. The van der Waals surface area contributed by atoms with Crippen molar-refractivity contribution in [2.24, 2.45) is 11.7 Å². The summed E-state index contributed by atoms with van der Waals surface area (Å²) in [7, 11) is 0. The summed E-state index contributed by atoms with van der Waals surface area (Å²) in [6.07, 6.45) is 7.36. The van der Waals surface area contributed by atoms with Crippen molar-refractivity contribution in [3.63, 3.8) is 0 Å². The number of ether oxygens (including phenoxy) is 1. The first-order valence-electron chi connectivity index (χ1n) is 12.5. The zero-order valence-corrected chi connectivity index (χ0v) is 19.9. The van der Waals surface area contributed by atoms with Gasteiger partial charge in [0.05, 0.1) is 12.1 Å². The largest absolute Gasteiger partial charge is 0.489 e. The smallest absolute Gasteiger partial charge is 0.238 e. The molecule has 1 heterocycles. The van der Waals surface area contributed by atoms with Crippen LogP contribution in [0.25, 0.3) is 0 Å². The molecule has 6 nitrogen and oxygen atoms in total. The highest BCUT2D eigenvalue weighted by molar-refractivity contribution is 5.82. The number of nitrogens with two attached hydrogens (primary N) is 1. The number of amides is 1. The Morgan fingerprint density at radius 2 is 1.88 bits per heavy atom. The van der Waals surface area contributed by atoms with Gasteiger partial charge in [-0.15, -0.1) is 0 Å². The van der Waals surface area contributed by atoms with Crippen LogP contribution in [-0.4, -0.2) is 35.5 Å². The number of nitrogens with one attached hydrogen (secondary N) is 1. The molecule has 2 aliphatic rings. The monoisotopic (exact) mass is 460 g/mol. The number of benzene rings is 2. The predicted molar refractivity (Wildman–Crippen MR) is 133 cm³/mol. The lowest BCUT2D eigenvalue weighted by atomic mass is 9.84. The molecule has 3 N–H and O–H groups in total. The van der Waals surface area contributed by atoms with Crippen LogP contribution in [0.2, 0.25) is 0 Å². The maximum absolute atomic E-state index is 12.9. The van der Waals surface area contributed by atoms with E-state index in [1.54, 1.807) is 0 Å². The first-order valence-corrected chi connectivity index (χ1v) is 12.5. The van der Waals surface area contributed by atoms with Gasteiger partial charge in [0, 0.05) is 25.2 Å². The normalized spacial score (nSPS) is 22.1.